The van der Waals surface area contributed by atoms with Gasteiger partial charge in [0.15, 0.2) is 0 Å². The monoisotopic (exact) mass is 216 g/mol. The molecule has 14 heavy (non-hydrogen) atoms. The minimum absolute atomic E-state index is 0.212. The van der Waals surface area contributed by atoms with Crippen molar-refractivity contribution in [3.63, 3.8) is 0 Å². The van der Waals surface area contributed by atoms with Crippen molar-refractivity contribution in [2.45, 2.75) is 19.4 Å². The summed E-state index contributed by atoms with van der Waals surface area (Å²) in [6, 6.07) is 0.345. The van der Waals surface area contributed by atoms with Gasteiger partial charge >= 0.3 is 0 Å². The molecule has 1 fully saturated rings. The molecule has 1 heterocycles. The van der Waals surface area contributed by atoms with Crippen LogP contribution in [0.1, 0.15) is 13.3 Å². The van der Waals surface area contributed by atoms with Crippen molar-refractivity contribution in [3.05, 3.63) is 0 Å². The molecular formula is C10H20N2OS. The molecule has 0 radical (unpaired) electrons. The topological polar surface area (TPSA) is 32.3 Å². The number of amides is 1. The molecule has 3 nitrogen and oxygen atoms in total. The van der Waals surface area contributed by atoms with Crippen LogP contribution in [0.5, 0.6) is 0 Å². The molecule has 82 valence electrons. The lowest BCUT2D eigenvalue weighted by Crippen LogP contribution is -2.41. The van der Waals surface area contributed by atoms with Gasteiger partial charge in [0.25, 0.3) is 0 Å². The first kappa shape index (κ1) is 11.9. The molecule has 1 amide bonds. The van der Waals surface area contributed by atoms with Crippen LogP contribution >= 0.6 is 11.8 Å². The molecule has 4 heteroatoms. The molecule has 1 aliphatic rings. The molecule has 0 aromatic carbocycles. The Balaban J connectivity index is 2.42. The highest BCUT2D eigenvalue weighted by Crippen LogP contribution is 2.13. The fraction of sp³-hybridized carbons (Fsp3) is 0.900. The van der Waals surface area contributed by atoms with Gasteiger partial charge in [-0.1, -0.05) is 0 Å². The van der Waals surface area contributed by atoms with Crippen molar-refractivity contribution in [2.24, 2.45) is 5.92 Å². The third-order valence-corrected chi connectivity index (χ3v) is 3.64. The highest BCUT2D eigenvalue weighted by molar-refractivity contribution is 7.98. The molecule has 2 unspecified atom stereocenters. The van der Waals surface area contributed by atoms with Crippen molar-refractivity contribution in [1.82, 2.24) is 10.2 Å². The molecule has 1 rings (SSSR count). The lowest BCUT2D eigenvalue weighted by atomic mass is 10.1. The predicted molar refractivity (Wildman–Crippen MR) is 61.6 cm³/mol. The van der Waals surface area contributed by atoms with E-state index < -0.39 is 0 Å². The maximum Gasteiger partial charge on any atom is 0.227 e. The Morgan fingerprint density at radius 1 is 1.71 bits per heavy atom. The predicted octanol–water partition coefficient (Wildman–Crippen LogP) is 0.806. The molecule has 0 aliphatic carbocycles. The third-order valence-electron chi connectivity index (χ3n) is 2.83. The zero-order valence-electron chi connectivity index (χ0n) is 9.25. The summed E-state index contributed by atoms with van der Waals surface area (Å²) in [4.78, 5) is 13.8. The van der Waals surface area contributed by atoms with Gasteiger partial charge < -0.3 is 10.2 Å². The largest absolute Gasteiger partial charge is 0.342 e. The van der Waals surface area contributed by atoms with E-state index >= 15 is 0 Å². The summed E-state index contributed by atoms with van der Waals surface area (Å²) >= 11 is 1.79. The fourth-order valence-electron chi connectivity index (χ4n) is 1.72. The quantitative estimate of drug-likeness (QED) is 0.754. The molecule has 0 bridgehead atoms. The number of rotatable bonds is 4. The van der Waals surface area contributed by atoms with Crippen LogP contribution in [-0.4, -0.2) is 49.0 Å². The number of hydrogen-bond donors (Lipinski definition) is 1. The van der Waals surface area contributed by atoms with Gasteiger partial charge in [0.05, 0.1) is 5.92 Å². The van der Waals surface area contributed by atoms with Gasteiger partial charge in [0.1, 0.15) is 0 Å². The van der Waals surface area contributed by atoms with Crippen LogP contribution in [0, 0.1) is 5.92 Å². The van der Waals surface area contributed by atoms with Gasteiger partial charge in [-0.3, -0.25) is 4.79 Å². The van der Waals surface area contributed by atoms with E-state index in [1.807, 2.05) is 11.9 Å². The molecule has 0 aromatic heterocycles. The van der Waals surface area contributed by atoms with Crippen molar-refractivity contribution in [1.29, 1.82) is 0 Å². The van der Waals surface area contributed by atoms with Crippen LogP contribution in [0.25, 0.3) is 0 Å². The van der Waals surface area contributed by atoms with Crippen molar-refractivity contribution < 1.29 is 4.79 Å². The Labute approximate surface area is 90.6 Å². The third kappa shape index (κ3) is 2.89. The first-order valence-electron chi connectivity index (χ1n) is 5.13. The highest BCUT2D eigenvalue weighted by atomic mass is 32.2. The second-order valence-electron chi connectivity index (χ2n) is 3.94. The van der Waals surface area contributed by atoms with E-state index in [2.05, 4.69) is 18.5 Å². The smallest absolute Gasteiger partial charge is 0.227 e. The number of carbonyl (C=O) groups excluding carboxylic acids is 1. The maximum absolute atomic E-state index is 11.9. The van der Waals surface area contributed by atoms with Crippen LogP contribution in [0.4, 0.5) is 0 Å². The Bertz CT molecular complexity index is 193. The molecule has 0 aromatic rings. The SMILES string of the molecule is CSCC(C)N(C)C(=O)C1CCNC1. The zero-order chi connectivity index (χ0) is 10.6. The summed E-state index contributed by atoms with van der Waals surface area (Å²) in [6.45, 7) is 3.95. The van der Waals surface area contributed by atoms with Gasteiger partial charge in [-0.15, -0.1) is 0 Å². The van der Waals surface area contributed by atoms with E-state index in [1.54, 1.807) is 11.8 Å². The summed E-state index contributed by atoms with van der Waals surface area (Å²) in [5, 5.41) is 3.23. The van der Waals surface area contributed by atoms with E-state index in [0.717, 1.165) is 25.3 Å². The first-order valence-corrected chi connectivity index (χ1v) is 6.52. The van der Waals surface area contributed by atoms with Crippen molar-refractivity contribution in [3.8, 4) is 0 Å². The van der Waals surface area contributed by atoms with Crippen LogP contribution in [0.15, 0.2) is 0 Å². The summed E-state index contributed by atoms with van der Waals surface area (Å²) < 4.78 is 0. The molecule has 1 saturated heterocycles. The molecule has 2 atom stereocenters. The van der Waals surface area contributed by atoms with Crippen molar-refractivity contribution >= 4 is 17.7 Å². The lowest BCUT2D eigenvalue weighted by molar-refractivity contribution is -0.134. The molecular weight excluding hydrogens is 196 g/mol. The van der Waals surface area contributed by atoms with Gasteiger partial charge in [-0.25, -0.2) is 0 Å². The summed E-state index contributed by atoms with van der Waals surface area (Å²) in [5.41, 5.74) is 0. The summed E-state index contributed by atoms with van der Waals surface area (Å²) in [7, 11) is 1.92. The van der Waals surface area contributed by atoms with Crippen LogP contribution in [0.3, 0.4) is 0 Å². The van der Waals surface area contributed by atoms with Crippen LogP contribution < -0.4 is 5.32 Å². The Kier molecular flexibility index (Phi) is 4.75. The summed E-state index contributed by atoms with van der Waals surface area (Å²) in [5.74, 6) is 1.53. The first-order chi connectivity index (χ1) is 6.66. The second-order valence-corrected chi connectivity index (χ2v) is 4.85. The molecule has 0 saturated carbocycles. The van der Waals surface area contributed by atoms with Crippen molar-refractivity contribution in [2.75, 3.05) is 32.1 Å². The average Bonchev–Trinajstić information content (AvgIpc) is 2.68. The zero-order valence-corrected chi connectivity index (χ0v) is 10.1. The van der Waals surface area contributed by atoms with Gasteiger partial charge in [0.2, 0.25) is 5.91 Å². The normalized spacial score (nSPS) is 23.5. The van der Waals surface area contributed by atoms with E-state index in [-0.39, 0.29) is 5.92 Å². The van der Waals surface area contributed by atoms with E-state index in [4.69, 9.17) is 0 Å². The minimum Gasteiger partial charge on any atom is -0.342 e. The van der Waals surface area contributed by atoms with Crippen LogP contribution in [-0.2, 0) is 4.79 Å². The van der Waals surface area contributed by atoms with E-state index in [0.29, 0.717) is 11.9 Å². The Morgan fingerprint density at radius 3 is 2.93 bits per heavy atom. The fourth-order valence-corrected chi connectivity index (χ4v) is 2.43. The van der Waals surface area contributed by atoms with Gasteiger partial charge in [0, 0.05) is 25.4 Å². The number of nitrogens with zero attached hydrogens (tertiary/aromatic N) is 1. The Morgan fingerprint density at radius 2 is 2.43 bits per heavy atom. The van der Waals surface area contributed by atoms with Gasteiger partial charge in [-0.2, -0.15) is 11.8 Å². The lowest BCUT2D eigenvalue weighted by Gasteiger charge is -2.26. The maximum atomic E-state index is 11.9. The molecule has 1 aliphatic heterocycles. The highest BCUT2D eigenvalue weighted by Gasteiger charge is 2.27. The number of nitrogens with one attached hydrogen (secondary N) is 1. The molecule has 1 N–H and O–H groups in total. The Hall–Kier alpha value is -0.220. The van der Waals surface area contributed by atoms with Crippen LogP contribution in [0.2, 0.25) is 0 Å². The molecule has 0 spiro atoms. The minimum atomic E-state index is 0.212. The standard InChI is InChI=1S/C10H20N2OS/c1-8(7-14-3)12(2)10(13)9-4-5-11-6-9/h8-9,11H,4-7H2,1-3H3. The number of carbonyl (C=O) groups is 1. The van der Waals surface area contributed by atoms with E-state index in [1.165, 1.54) is 0 Å². The average molecular weight is 216 g/mol. The summed E-state index contributed by atoms with van der Waals surface area (Å²) in [6.07, 6.45) is 3.07. The van der Waals surface area contributed by atoms with Gasteiger partial charge in [-0.05, 0) is 26.1 Å². The number of hydrogen-bond acceptors (Lipinski definition) is 3. The second kappa shape index (κ2) is 5.61. The van der Waals surface area contributed by atoms with E-state index in [9.17, 15) is 4.79 Å². The number of thioether (sulfide) groups is 1.